The molecule has 1 aromatic carbocycles. The molecule has 2 aromatic heterocycles. The summed E-state index contributed by atoms with van der Waals surface area (Å²) in [5.41, 5.74) is 3.04. The van der Waals surface area contributed by atoms with Gasteiger partial charge in [0.1, 0.15) is 16.4 Å². The number of likely N-dealkylation sites (N-methyl/N-ethyl adjacent to an activating group) is 1. The molecule has 0 radical (unpaired) electrons. The molecule has 0 aliphatic carbocycles. The first-order valence-corrected chi connectivity index (χ1v) is 11.2. The minimum atomic E-state index is 0.0469. The van der Waals surface area contributed by atoms with E-state index in [4.69, 9.17) is 9.72 Å². The first-order valence-electron chi connectivity index (χ1n) is 10.3. The van der Waals surface area contributed by atoms with Gasteiger partial charge in [0.15, 0.2) is 0 Å². The second-order valence-electron chi connectivity index (χ2n) is 7.64. The van der Waals surface area contributed by atoms with Gasteiger partial charge in [0.2, 0.25) is 0 Å². The molecule has 3 aromatic rings. The first-order chi connectivity index (χ1) is 13.9. The molecule has 0 bridgehead atoms. The number of hydrogen-bond acceptors (Lipinski definition) is 5. The number of fused-ring (bicyclic) bond motifs is 1. The number of aromatic nitrogens is 2. The molecule has 3 rings (SSSR count). The van der Waals surface area contributed by atoms with Crippen molar-refractivity contribution < 1.29 is 4.74 Å². The zero-order chi connectivity index (χ0) is 21.1. The van der Waals surface area contributed by atoms with Gasteiger partial charge >= 0.3 is 0 Å². The number of ether oxygens (including phenoxy) is 1. The van der Waals surface area contributed by atoms with Crippen molar-refractivity contribution in [2.75, 3.05) is 26.7 Å². The molecule has 6 heteroatoms. The Balaban J connectivity index is 2.20. The number of nitrogens with zero attached hydrogens (tertiary/aromatic N) is 3. The summed E-state index contributed by atoms with van der Waals surface area (Å²) in [5.74, 6) is 1.82. The molecule has 0 unspecified atom stereocenters. The van der Waals surface area contributed by atoms with Crippen LogP contribution in [0.4, 0.5) is 0 Å². The summed E-state index contributed by atoms with van der Waals surface area (Å²) in [6, 6.07) is 6.06. The molecule has 0 amide bonds. The molecular weight excluding hydrogens is 382 g/mol. The highest BCUT2D eigenvalue weighted by molar-refractivity contribution is 7.17. The van der Waals surface area contributed by atoms with E-state index in [-0.39, 0.29) is 11.5 Å². The van der Waals surface area contributed by atoms with E-state index in [1.165, 1.54) is 11.3 Å². The minimum absolute atomic E-state index is 0.0469. The van der Waals surface area contributed by atoms with E-state index in [1.54, 1.807) is 7.11 Å². The van der Waals surface area contributed by atoms with Gasteiger partial charge < -0.3 is 9.64 Å². The molecule has 29 heavy (non-hydrogen) atoms. The Labute approximate surface area is 177 Å². The van der Waals surface area contributed by atoms with E-state index < -0.39 is 0 Å². The van der Waals surface area contributed by atoms with Gasteiger partial charge in [0.05, 0.1) is 12.5 Å². The monoisotopic (exact) mass is 413 g/mol. The van der Waals surface area contributed by atoms with E-state index in [0.29, 0.717) is 11.9 Å². The maximum atomic E-state index is 13.7. The van der Waals surface area contributed by atoms with Crippen LogP contribution in [0.25, 0.3) is 21.3 Å². The predicted octanol–water partition coefficient (Wildman–Crippen LogP) is 4.91. The van der Waals surface area contributed by atoms with Crippen molar-refractivity contribution in [2.24, 2.45) is 0 Å². The van der Waals surface area contributed by atoms with Gasteiger partial charge in [-0.05, 0) is 32.1 Å². The van der Waals surface area contributed by atoms with Gasteiger partial charge in [-0.25, -0.2) is 4.98 Å². The zero-order valence-corrected chi connectivity index (χ0v) is 19.1. The Kier molecular flexibility index (Phi) is 6.75. The fourth-order valence-electron chi connectivity index (χ4n) is 3.71. The lowest BCUT2D eigenvalue weighted by atomic mass is 10.0. The van der Waals surface area contributed by atoms with Crippen molar-refractivity contribution in [3.8, 4) is 16.9 Å². The van der Waals surface area contributed by atoms with Crippen LogP contribution in [0.2, 0.25) is 0 Å². The fraction of sp³-hybridized carbons (Fsp3) is 0.478. The smallest absolute Gasteiger partial charge is 0.262 e. The summed E-state index contributed by atoms with van der Waals surface area (Å²) in [6.07, 6.45) is 0. The molecule has 0 saturated heterocycles. The normalized spacial score (nSPS) is 11.7. The van der Waals surface area contributed by atoms with Crippen molar-refractivity contribution in [1.82, 2.24) is 14.5 Å². The topological polar surface area (TPSA) is 47.4 Å². The molecule has 0 N–H and O–H groups in total. The number of thiophene rings is 1. The van der Waals surface area contributed by atoms with Gasteiger partial charge in [-0.15, -0.1) is 11.3 Å². The summed E-state index contributed by atoms with van der Waals surface area (Å²) in [4.78, 5) is 21.7. The molecule has 0 aliphatic heterocycles. The molecular formula is C23H31N3O2S. The fourth-order valence-corrected chi connectivity index (χ4v) is 4.64. The molecule has 0 aliphatic rings. The molecule has 156 valence electrons. The second kappa shape index (κ2) is 9.09. The van der Waals surface area contributed by atoms with E-state index in [1.807, 2.05) is 22.1 Å². The number of benzene rings is 1. The first kappa shape index (κ1) is 21.5. The highest BCUT2D eigenvalue weighted by Gasteiger charge is 2.20. The maximum absolute atomic E-state index is 13.7. The van der Waals surface area contributed by atoms with Crippen molar-refractivity contribution in [2.45, 2.75) is 47.1 Å². The Morgan fingerprint density at radius 2 is 1.93 bits per heavy atom. The third-order valence-corrected chi connectivity index (χ3v) is 6.29. The lowest BCUT2D eigenvalue weighted by Gasteiger charge is -2.21. The van der Waals surface area contributed by atoms with Crippen LogP contribution in [0.5, 0.6) is 5.75 Å². The van der Waals surface area contributed by atoms with Crippen molar-refractivity contribution in [1.29, 1.82) is 0 Å². The summed E-state index contributed by atoms with van der Waals surface area (Å²) >= 11 is 1.53. The minimum Gasteiger partial charge on any atom is -0.496 e. The third kappa shape index (κ3) is 4.23. The van der Waals surface area contributed by atoms with Gasteiger partial charge in [-0.3, -0.25) is 9.36 Å². The van der Waals surface area contributed by atoms with Crippen LogP contribution in [-0.4, -0.2) is 41.2 Å². The lowest BCUT2D eigenvalue weighted by Crippen LogP contribution is -2.33. The van der Waals surface area contributed by atoms with Crippen LogP contribution in [0.15, 0.2) is 28.4 Å². The van der Waals surface area contributed by atoms with Crippen LogP contribution < -0.4 is 10.3 Å². The maximum Gasteiger partial charge on any atom is 0.262 e. The van der Waals surface area contributed by atoms with Crippen LogP contribution in [0, 0.1) is 6.92 Å². The Morgan fingerprint density at radius 3 is 2.55 bits per heavy atom. The van der Waals surface area contributed by atoms with Gasteiger partial charge in [0, 0.05) is 35.5 Å². The van der Waals surface area contributed by atoms with Crippen LogP contribution >= 0.6 is 11.3 Å². The number of hydrogen-bond donors (Lipinski definition) is 0. The van der Waals surface area contributed by atoms with E-state index in [0.717, 1.165) is 52.7 Å². The standard InChI is InChI=1S/C23H31N3O2S/c1-7-25(8-2)11-12-26-21(15(3)4)24-22-20(23(26)27)18(14-29-22)17-13-16(5)9-10-19(17)28-6/h9-10,13-15H,7-8,11-12H2,1-6H3. The Hall–Kier alpha value is -2.18. The highest BCUT2D eigenvalue weighted by atomic mass is 32.1. The summed E-state index contributed by atoms with van der Waals surface area (Å²) in [7, 11) is 1.67. The molecule has 0 spiro atoms. The third-order valence-electron chi connectivity index (χ3n) is 5.42. The summed E-state index contributed by atoms with van der Waals surface area (Å²) < 4.78 is 7.46. The van der Waals surface area contributed by atoms with Crippen molar-refractivity contribution in [3.63, 3.8) is 0 Å². The van der Waals surface area contributed by atoms with E-state index >= 15 is 0 Å². The molecule has 2 heterocycles. The highest BCUT2D eigenvalue weighted by Crippen LogP contribution is 2.37. The number of aryl methyl sites for hydroxylation is 1. The predicted molar refractivity (Wildman–Crippen MR) is 122 cm³/mol. The molecule has 5 nitrogen and oxygen atoms in total. The quantitative estimate of drug-likeness (QED) is 0.527. The van der Waals surface area contributed by atoms with Gasteiger partial charge in [-0.1, -0.05) is 39.3 Å². The van der Waals surface area contributed by atoms with Crippen molar-refractivity contribution in [3.05, 3.63) is 45.3 Å². The molecule has 0 saturated carbocycles. The number of rotatable bonds is 8. The molecule has 0 atom stereocenters. The van der Waals surface area contributed by atoms with Crippen LogP contribution in [0.1, 0.15) is 45.0 Å². The van der Waals surface area contributed by atoms with Crippen LogP contribution in [0.3, 0.4) is 0 Å². The Morgan fingerprint density at radius 1 is 1.21 bits per heavy atom. The summed E-state index contributed by atoms with van der Waals surface area (Å²) in [5, 5.41) is 2.73. The van der Waals surface area contributed by atoms with Crippen LogP contribution in [-0.2, 0) is 6.54 Å². The Bertz CT molecular complexity index is 1050. The zero-order valence-electron chi connectivity index (χ0n) is 18.3. The van der Waals surface area contributed by atoms with Gasteiger partial charge in [0.25, 0.3) is 5.56 Å². The van der Waals surface area contributed by atoms with Crippen molar-refractivity contribution >= 4 is 21.6 Å². The lowest BCUT2D eigenvalue weighted by molar-refractivity contribution is 0.286. The largest absolute Gasteiger partial charge is 0.496 e. The average molecular weight is 414 g/mol. The SMILES string of the molecule is CCN(CC)CCn1c(C(C)C)nc2scc(-c3cc(C)ccc3OC)c2c1=O. The van der Waals surface area contributed by atoms with E-state index in [9.17, 15) is 4.79 Å². The second-order valence-corrected chi connectivity index (χ2v) is 8.50. The van der Waals surface area contributed by atoms with E-state index in [2.05, 4.69) is 45.6 Å². The number of methoxy groups -OCH3 is 1. The average Bonchev–Trinajstić information content (AvgIpc) is 3.14. The molecule has 0 fully saturated rings. The van der Waals surface area contributed by atoms with Gasteiger partial charge in [-0.2, -0.15) is 0 Å². The summed E-state index contributed by atoms with van der Waals surface area (Å²) in [6.45, 7) is 14.0.